The van der Waals surface area contributed by atoms with Gasteiger partial charge < -0.3 is 20.7 Å². The van der Waals surface area contributed by atoms with Crippen LogP contribution < -0.4 is 10.6 Å². The van der Waals surface area contributed by atoms with Crippen LogP contribution in [0.2, 0.25) is 10.0 Å². The second-order valence-corrected chi connectivity index (χ2v) is 10.4. The van der Waals surface area contributed by atoms with Crippen molar-refractivity contribution in [3.63, 3.8) is 0 Å². The smallest absolute Gasteiger partial charge is 0.252 e. The predicted molar refractivity (Wildman–Crippen MR) is 143 cm³/mol. The molecule has 4 rings (SSSR count). The van der Waals surface area contributed by atoms with Crippen molar-refractivity contribution in [1.29, 1.82) is 0 Å². The zero-order valence-electron chi connectivity index (χ0n) is 20.8. The van der Waals surface area contributed by atoms with E-state index in [2.05, 4.69) is 30.8 Å². The zero-order chi connectivity index (χ0) is 26.9. The molecule has 0 fully saturated rings. The Labute approximate surface area is 224 Å². The number of carbonyl (C=O) groups excluding carboxylic acids is 2. The van der Waals surface area contributed by atoms with Crippen LogP contribution in [0.15, 0.2) is 48.8 Å². The van der Waals surface area contributed by atoms with Crippen molar-refractivity contribution in [2.45, 2.75) is 51.3 Å². The van der Waals surface area contributed by atoms with Crippen molar-refractivity contribution in [2.24, 2.45) is 0 Å². The van der Waals surface area contributed by atoms with Gasteiger partial charge in [-0.1, -0.05) is 54.4 Å². The van der Waals surface area contributed by atoms with Crippen molar-refractivity contribution in [3.8, 4) is 11.1 Å². The summed E-state index contributed by atoms with van der Waals surface area (Å²) in [5.74, 6) is -0.986. The van der Waals surface area contributed by atoms with Crippen molar-refractivity contribution in [1.82, 2.24) is 30.8 Å². The molecule has 0 unspecified atom stereocenters. The highest BCUT2D eigenvalue weighted by Gasteiger charge is 2.34. The number of carbonyl (C=O) groups is 2. The third-order valence-corrected chi connectivity index (χ3v) is 6.93. The van der Waals surface area contributed by atoms with Gasteiger partial charge in [-0.25, -0.2) is 4.98 Å². The van der Waals surface area contributed by atoms with E-state index >= 15 is 0 Å². The molecule has 4 aromatic rings. The van der Waals surface area contributed by atoms with Gasteiger partial charge in [0.1, 0.15) is 17.5 Å². The van der Waals surface area contributed by atoms with Crippen LogP contribution in [0.1, 0.15) is 51.0 Å². The number of rotatable bonds is 8. The molecule has 194 valence electrons. The molecule has 0 saturated heterocycles. The summed E-state index contributed by atoms with van der Waals surface area (Å²) in [6.45, 7) is 6.36. The predicted octanol–water partition coefficient (Wildman–Crippen LogP) is 4.50. The Balaban J connectivity index is 1.57. The third-order valence-electron chi connectivity index (χ3n) is 6.20. The van der Waals surface area contributed by atoms with Gasteiger partial charge in [-0.05, 0) is 44.0 Å². The summed E-state index contributed by atoms with van der Waals surface area (Å²) >= 11 is 12.2. The first-order valence-corrected chi connectivity index (χ1v) is 12.5. The Morgan fingerprint density at radius 3 is 2.32 bits per heavy atom. The maximum absolute atomic E-state index is 13.5. The van der Waals surface area contributed by atoms with Crippen LogP contribution in [0.3, 0.4) is 0 Å². The van der Waals surface area contributed by atoms with E-state index in [0.29, 0.717) is 26.9 Å². The van der Waals surface area contributed by atoms with Gasteiger partial charge in [0, 0.05) is 17.7 Å². The van der Waals surface area contributed by atoms with Gasteiger partial charge in [-0.3, -0.25) is 14.7 Å². The highest BCUT2D eigenvalue weighted by atomic mass is 35.5. The van der Waals surface area contributed by atoms with Crippen molar-refractivity contribution in [2.75, 3.05) is 0 Å². The number of fused-ring (bicyclic) bond motifs is 1. The van der Waals surface area contributed by atoms with Gasteiger partial charge in [-0.2, -0.15) is 5.10 Å². The zero-order valence-corrected chi connectivity index (χ0v) is 22.3. The lowest BCUT2D eigenvalue weighted by Gasteiger charge is -2.28. The molecule has 11 heteroatoms. The lowest BCUT2D eigenvalue weighted by Crippen LogP contribution is -2.54. The number of benzene rings is 2. The van der Waals surface area contributed by atoms with E-state index < -0.39 is 35.4 Å². The molecule has 2 heterocycles. The number of aliphatic hydroxyl groups is 1. The summed E-state index contributed by atoms with van der Waals surface area (Å²) in [7, 11) is 0. The quantitative estimate of drug-likeness (QED) is 0.223. The van der Waals surface area contributed by atoms with Crippen LogP contribution >= 0.6 is 23.2 Å². The molecule has 2 aromatic heterocycles. The number of nitrogens with one attached hydrogen (secondary N) is 4. The highest BCUT2D eigenvalue weighted by molar-refractivity contribution is 6.42. The molecule has 2 aromatic carbocycles. The summed E-state index contributed by atoms with van der Waals surface area (Å²) in [5, 5.41) is 23.4. The Kier molecular flexibility index (Phi) is 7.59. The van der Waals surface area contributed by atoms with Crippen LogP contribution in [0.5, 0.6) is 0 Å². The first kappa shape index (κ1) is 26.7. The highest BCUT2D eigenvalue weighted by Crippen LogP contribution is 2.28. The molecule has 0 saturated carbocycles. The minimum absolute atomic E-state index is 0.380. The molecule has 9 nitrogen and oxygen atoms in total. The second kappa shape index (κ2) is 10.5. The standard InChI is InChI=1S/C26H28Cl2N6O3/c1-13(15-5-7-16(8-6-15)17-11-29-30-12-17)22(34-25(36)26(3,4)37)24(35)31-14(2)23-32-20-9-18(27)19(28)10-21(20)33-23/h5-14,22,37H,1-4H3,(H,29,30)(H,31,35)(H,32,33)(H,34,36)/t13-,14-,22-/m0/s1. The summed E-state index contributed by atoms with van der Waals surface area (Å²) < 4.78 is 0. The molecular weight excluding hydrogens is 515 g/mol. The summed E-state index contributed by atoms with van der Waals surface area (Å²) in [4.78, 5) is 33.8. The summed E-state index contributed by atoms with van der Waals surface area (Å²) in [6.07, 6.45) is 3.51. The maximum Gasteiger partial charge on any atom is 0.252 e. The summed E-state index contributed by atoms with van der Waals surface area (Å²) in [6, 6.07) is 9.50. The van der Waals surface area contributed by atoms with E-state index in [1.165, 1.54) is 13.8 Å². The Morgan fingerprint density at radius 1 is 1.03 bits per heavy atom. The number of amides is 2. The molecule has 5 N–H and O–H groups in total. The van der Waals surface area contributed by atoms with Crippen molar-refractivity contribution in [3.05, 3.63) is 70.2 Å². The van der Waals surface area contributed by atoms with Crippen LogP contribution in [0.4, 0.5) is 0 Å². The SMILES string of the molecule is C[C@H](NC(=O)[C@@H](NC(=O)C(C)(C)O)[C@@H](C)c1ccc(-c2cn[nH]c2)cc1)c1nc2cc(Cl)c(Cl)cc2[nH]1. The Hall–Kier alpha value is -3.40. The molecule has 0 aliphatic heterocycles. The Morgan fingerprint density at radius 2 is 1.70 bits per heavy atom. The van der Waals surface area contributed by atoms with Gasteiger partial charge in [0.25, 0.3) is 5.91 Å². The van der Waals surface area contributed by atoms with E-state index in [0.717, 1.165) is 16.7 Å². The van der Waals surface area contributed by atoms with Crippen molar-refractivity contribution < 1.29 is 14.7 Å². The van der Waals surface area contributed by atoms with E-state index in [1.807, 2.05) is 31.2 Å². The fraction of sp³-hybridized carbons (Fsp3) is 0.308. The van der Waals surface area contributed by atoms with Crippen LogP contribution in [0, 0.1) is 0 Å². The minimum atomic E-state index is -1.66. The van der Waals surface area contributed by atoms with E-state index in [-0.39, 0.29) is 0 Å². The number of aromatic amines is 2. The number of halogens is 2. The maximum atomic E-state index is 13.5. The van der Waals surface area contributed by atoms with E-state index in [4.69, 9.17) is 23.2 Å². The molecule has 37 heavy (non-hydrogen) atoms. The third kappa shape index (κ3) is 5.95. The average Bonchev–Trinajstić information content (AvgIpc) is 3.52. The first-order valence-electron chi connectivity index (χ1n) is 11.7. The molecule has 0 aliphatic carbocycles. The van der Waals surface area contributed by atoms with Crippen molar-refractivity contribution >= 4 is 46.0 Å². The minimum Gasteiger partial charge on any atom is -0.381 e. The van der Waals surface area contributed by atoms with Crippen LogP contribution in [-0.2, 0) is 9.59 Å². The summed E-state index contributed by atoms with van der Waals surface area (Å²) in [5.41, 5.74) is 2.37. The number of imidazole rings is 1. The number of hydrogen-bond donors (Lipinski definition) is 5. The van der Waals surface area contributed by atoms with Gasteiger partial charge >= 0.3 is 0 Å². The largest absolute Gasteiger partial charge is 0.381 e. The lowest BCUT2D eigenvalue weighted by molar-refractivity contribution is -0.140. The number of aromatic nitrogens is 4. The molecule has 0 spiro atoms. The number of H-pyrrole nitrogens is 2. The fourth-order valence-electron chi connectivity index (χ4n) is 3.92. The van der Waals surface area contributed by atoms with Crippen LogP contribution in [0.25, 0.3) is 22.2 Å². The topological polar surface area (TPSA) is 136 Å². The van der Waals surface area contributed by atoms with E-state index in [1.54, 1.807) is 31.5 Å². The normalized spacial score (nSPS) is 14.2. The molecule has 3 atom stereocenters. The monoisotopic (exact) mass is 542 g/mol. The molecule has 0 bridgehead atoms. The fourth-order valence-corrected chi connectivity index (χ4v) is 4.24. The average molecular weight is 543 g/mol. The van der Waals surface area contributed by atoms with Gasteiger partial charge in [0.05, 0.1) is 33.3 Å². The molecule has 0 radical (unpaired) electrons. The van der Waals surface area contributed by atoms with Gasteiger partial charge in [-0.15, -0.1) is 0 Å². The Bertz CT molecular complexity index is 1370. The first-order chi connectivity index (χ1) is 17.4. The van der Waals surface area contributed by atoms with Gasteiger partial charge in [0.2, 0.25) is 5.91 Å². The number of nitrogens with zero attached hydrogens (tertiary/aromatic N) is 2. The lowest BCUT2D eigenvalue weighted by atomic mass is 9.90. The van der Waals surface area contributed by atoms with E-state index in [9.17, 15) is 14.7 Å². The molecule has 0 aliphatic rings. The molecule has 2 amide bonds. The van der Waals surface area contributed by atoms with Crippen LogP contribution in [-0.4, -0.2) is 48.7 Å². The number of hydrogen-bond acceptors (Lipinski definition) is 5. The second-order valence-electron chi connectivity index (χ2n) is 9.54. The molecular formula is C26H28Cl2N6O3. The van der Waals surface area contributed by atoms with Gasteiger partial charge in [0.15, 0.2) is 0 Å².